The summed E-state index contributed by atoms with van der Waals surface area (Å²) >= 11 is 3.21. The van der Waals surface area contributed by atoms with Crippen molar-refractivity contribution in [2.45, 2.75) is 6.54 Å². The molecule has 4 heteroatoms. The Balaban J connectivity index is 2.82. The second kappa shape index (κ2) is 3.12. The lowest BCUT2D eigenvalue weighted by Crippen LogP contribution is -1.94. The first kappa shape index (κ1) is 8.72. The fourth-order valence-corrected chi connectivity index (χ4v) is 1.70. The lowest BCUT2D eigenvalue weighted by molar-refractivity contribution is 0.558. The minimum Gasteiger partial charge on any atom is -0.461 e. The number of nitrogens with two attached hydrogens (primary N) is 1. The predicted octanol–water partition coefficient (Wildman–Crippen LogP) is 2.79. The number of rotatable bonds is 1. The minimum atomic E-state index is -0.371. The van der Waals surface area contributed by atoms with Crippen molar-refractivity contribution in [3.8, 4) is 0 Å². The van der Waals surface area contributed by atoms with Gasteiger partial charge in [0.05, 0.1) is 6.26 Å². The predicted molar refractivity (Wildman–Crippen MR) is 51.8 cm³/mol. The van der Waals surface area contributed by atoms with Crippen molar-refractivity contribution in [1.29, 1.82) is 0 Å². The summed E-state index contributed by atoms with van der Waals surface area (Å²) in [5, 5.41) is 0.731. The van der Waals surface area contributed by atoms with E-state index in [0.717, 1.165) is 10.9 Å². The fourth-order valence-electron chi connectivity index (χ4n) is 1.27. The highest BCUT2D eigenvalue weighted by molar-refractivity contribution is 9.10. The maximum absolute atomic E-state index is 13.2. The van der Waals surface area contributed by atoms with E-state index in [0.29, 0.717) is 11.0 Å². The van der Waals surface area contributed by atoms with Crippen molar-refractivity contribution in [3.63, 3.8) is 0 Å². The third-order valence-electron chi connectivity index (χ3n) is 1.89. The van der Waals surface area contributed by atoms with E-state index in [4.69, 9.17) is 10.2 Å². The molecule has 2 N–H and O–H groups in total. The third-order valence-corrected chi connectivity index (χ3v) is 2.35. The summed E-state index contributed by atoms with van der Waals surface area (Å²) in [7, 11) is 0. The van der Waals surface area contributed by atoms with E-state index in [2.05, 4.69) is 15.9 Å². The standard InChI is InChI=1S/C9H7BrFNO/c10-6-1-7-5(3-12)4-13-9(7)8(11)2-6/h1-2,4H,3,12H2. The molecule has 2 rings (SSSR count). The molecule has 0 unspecified atom stereocenters. The molecule has 0 amide bonds. The van der Waals surface area contributed by atoms with Crippen LogP contribution in [0.3, 0.4) is 0 Å². The highest BCUT2D eigenvalue weighted by Crippen LogP contribution is 2.27. The third kappa shape index (κ3) is 1.36. The Morgan fingerprint density at radius 3 is 2.92 bits per heavy atom. The fraction of sp³-hybridized carbons (Fsp3) is 0.111. The monoisotopic (exact) mass is 243 g/mol. The maximum Gasteiger partial charge on any atom is 0.169 e. The molecule has 2 aromatic rings. The van der Waals surface area contributed by atoms with Gasteiger partial charge in [-0.05, 0) is 12.1 Å². The second-order valence-electron chi connectivity index (χ2n) is 2.73. The molecule has 0 aliphatic carbocycles. The number of fused-ring (bicyclic) bond motifs is 1. The smallest absolute Gasteiger partial charge is 0.169 e. The number of hydrogen-bond donors (Lipinski definition) is 1. The Morgan fingerprint density at radius 1 is 1.46 bits per heavy atom. The molecule has 0 spiro atoms. The summed E-state index contributed by atoms with van der Waals surface area (Å²) in [6.45, 7) is 0.350. The van der Waals surface area contributed by atoms with E-state index in [9.17, 15) is 4.39 Å². The molecule has 2 nitrogen and oxygen atoms in total. The first-order chi connectivity index (χ1) is 6.22. The molecule has 0 saturated carbocycles. The van der Waals surface area contributed by atoms with Crippen LogP contribution >= 0.6 is 15.9 Å². The zero-order valence-corrected chi connectivity index (χ0v) is 8.27. The Labute approximate surface area is 82.6 Å². The van der Waals surface area contributed by atoms with Crippen LogP contribution in [0.15, 0.2) is 27.3 Å². The average molecular weight is 244 g/mol. The van der Waals surface area contributed by atoms with Crippen LogP contribution in [0.2, 0.25) is 0 Å². The summed E-state index contributed by atoms with van der Waals surface area (Å²) in [4.78, 5) is 0. The van der Waals surface area contributed by atoms with Crippen molar-refractivity contribution in [2.75, 3.05) is 0 Å². The van der Waals surface area contributed by atoms with Crippen molar-refractivity contribution in [3.05, 3.63) is 34.2 Å². The lowest BCUT2D eigenvalue weighted by Gasteiger charge is -1.94. The number of hydrogen-bond acceptors (Lipinski definition) is 2. The van der Waals surface area contributed by atoms with Gasteiger partial charge >= 0.3 is 0 Å². The Morgan fingerprint density at radius 2 is 2.23 bits per heavy atom. The number of benzene rings is 1. The van der Waals surface area contributed by atoms with Gasteiger partial charge in [-0.25, -0.2) is 4.39 Å². The van der Waals surface area contributed by atoms with E-state index in [1.165, 1.54) is 12.3 Å². The van der Waals surface area contributed by atoms with Crippen LogP contribution in [0.4, 0.5) is 4.39 Å². The molecule has 0 aliphatic heterocycles. The summed E-state index contributed by atoms with van der Waals surface area (Å²) in [5.41, 5.74) is 6.55. The van der Waals surface area contributed by atoms with Crippen LogP contribution in [0.5, 0.6) is 0 Å². The van der Waals surface area contributed by atoms with Gasteiger partial charge in [0.1, 0.15) is 0 Å². The van der Waals surface area contributed by atoms with E-state index >= 15 is 0 Å². The summed E-state index contributed by atoms with van der Waals surface area (Å²) in [5.74, 6) is -0.371. The zero-order valence-electron chi connectivity index (χ0n) is 6.68. The van der Waals surface area contributed by atoms with Gasteiger partial charge in [0.25, 0.3) is 0 Å². The average Bonchev–Trinajstić information content (AvgIpc) is 2.47. The van der Waals surface area contributed by atoms with Crippen molar-refractivity contribution in [2.24, 2.45) is 5.73 Å². The van der Waals surface area contributed by atoms with Gasteiger partial charge in [-0.1, -0.05) is 15.9 Å². The van der Waals surface area contributed by atoms with Crippen LogP contribution < -0.4 is 5.73 Å². The van der Waals surface area contributed by atoms with Crippen LogP contribution in [-0.2, 0) is 6.54 Å². The van der Waals surface area contributed by atoms with Gasteiger partial charge in [-0.15, -0.1) is 0 Å². The quantitative estimate of drug-likeness (QED) is 0.837. The molecule has 0 fully saturated rings. The SMILES string of the molecule is NCc1coc2c(F)cc(Br)cc12. The van der Waals surface area contributed by atoms with E-state index in [1.54, 1.807) is 6.07 Å². The topological polar surface area (TPSA) is 39.2 Å². The molecule has 0 radical (unpaired) electrons. The Hall–Kier alpha value is -0.870. The molecular formula is C9H7BrFNO. The molecule has 68 valence electrons. The van der Waals surface area contributed by atoms with Crippen molar-refractivity contribution < 1.29 is 8.81 Å². The van der Waals surface area contributed by atoms with E-state index in [1.807, 2.05) is 0 Å². The molecular weight excluding hydrogens is 237 g/mol. The van der Waals surface area contributed by atoms with Crippen molar-refractivity contribution >= 4 is 26.9 Å². The van der Waals surface area contributed by atoms with Gasteiger partial charge in [-0.3, -0.25) is 0 Å². The summed E-state index contributed by atoms with van der Waals surface area (Å²) in [6, 6.07) is 3.16. The lowest BCUT2D eigenvalue weighted by atomic mass is 10.2. The van der Waals surface area contributed by atoms with Gasteiger partial charge in [0.2, 0.25) is 0 Å². The molecule has 1 aromatic heterocycles. The van der Waals surface area contributed by atoms with Gasteiger partial charge in [0.15, 0.2) is 11.4 Å². The second-order valence-corrected chi connectivity index (χ2v) is 3.65. The van der Waals surface area contributed by atoms with Gasteiger partial charge in [-0.2, -0.15) is 0 Å². The molecule has 0 aliphatic rings. The molecule has 13 heavy (non-hydrogen) atoms. The molecule has 0 bridgehead atoms. The maximum atomic E-state index is 13.2. The van der Waals surface area contributed by atoms with Crippen LogP contribution in [0.1, 0.15) is 5.56 Å². The molecule has 0 atom stereocenters. The molecule has 1 aromatic carbocycles. The summed E-state index contributed by atoms with van der Waals surface area (Å²) in [6.07, 6.45) is 1.49. The first-order valence-electron chi connectivity index (χ1n) is 3.77. The normalized spacial score (nSPS) is 11.0. The zero-order chi connectivity index (χ0) is 9.42. The highest BCUT2D eigenvalue weighted by atomic mass is 79.9. The summed E-state index contributed by atoms with van der Waals surface area (Å²) < 4.78 is 19.0. The van der Waals surface area contributed by atoms with Crippen molar-refractivity contribution in [1.82, 2.24) is 0 Å². The Bertz CT molecular complexity index is 452. The largest absolute Gasteiger partial charge is 0.461 e. The van der Waals surface area contributed by atoms with Gasteiger partial charge in [0, 0.05) is 22.0 Å². The van der Waals surface area contributed by atoms with Crippen LogP contribution in [0, 0.1) is 5.82 Å². The first-order valence-corrected chi connectivity index (χ1v) is 4.57. The highest BCUT2D eigenvalue weighted by Gasteiger charge is 2.09. The Kier molecular flexibility index (Phi) is 2.09. The van der Waals surface area contributed by atoms with Crippen LogP contribution in [0.25, 0.3) is 11.0 Å². The van der Waals surface area contributed by atoms with Crippen LogP contribution in [-0.4, -0.2) is 0 Å². The molecule has 0 saturated heterocycles. The van der Waals surface area contributed by atoms with E-state index in [-0.39, 0.29) is 11.4 Å². The van der Waals surface area contributed by atoms with Gasteiger partial charge < -0.3 is 10.2 Å². The van der Waals surface area contributed by atoms with E-state index < -0.39 is 0 Å². The minimum absolute atomic E-state index is 0.267. The number of halogens is 2. The number of furan rings is 1. The molecule has 1 heterocycles.